The third-order valence-electron chi connectivity index (χ3n) is 3.71. The molecule has 24 heavy (non-hydrogen) atoms. The molecule has 0 N–H and O–H groups in total. The van der Waals surface area contributed by atoms with Crippen LogP contribution in [0.3, 0.4) is 0 Å². The van der Waals surface area contributed by atoms with Crippen LogP contribution in [0.15, 0.2) is 42.5 Å². The Balaban J connectivity index is 1.93. The average Bonchev–Trinajstić information content (AvgIpc) is 2.84. The van der Waals surface area contributed by atoms with Crippen molar-refractivity contribution < 1.29 is 23.5 Å². The minimum Gasteiger partial charge on any atom is -0.491 e. The second-order valence-electron chi connectivity index (χ2n) is 5.30. The molecule has 0 radical (unpaired) electrons. The molecule has 0 bridgehead atoms. The van der Waals surface area contributed by atoms with E-state index < -0.39 is 17.6 Å². The maximum atomic E-state index is 13.7. The number of imide groups is 1. The van der Waals surface area contributed by atoms with Crippen molar-refractivity contribution in [3.8, 4) is 5.75 Å². The summed E-state index contributed by atoms with van der Waals surface area (Å²) in [6.45, 7) is 0.846. The van der Waals surface area contributed by atoms with Crippen LogP contribution in [0.1, 0.15) is 27.1 Å². The number of fused-ring (bicyclic) bond motifs is 1. The van der Waals surface area contributed by atoms with Gasteiger partial charge in [-0.3, -0.25) is 9.59 Å². The van der Waals surface area contributed by atoms with E-state index in [0.717, 1.165) is 11.0 Å². The minimum absolute atomic E-state index is 0.110. The smallest absolute Gasteiger partial charge is 0.266 e. The van der Waals surface area contributed by atoms with Gasteiger partial charge in [0.15, 0.2) is 0 Å². The van der Waals surface area contributed by atoms with E-state index in [4.69, 9.17) is 9.47 Å². The maximum Gasteiger partial charge on any atom is 0.266 e. The normalized spacial score (nSPS) is 13.3. The highest BCUT2D eigenvalue weighted by Crippen LogP contribution is 2.35. The Hall–Kier alpha value is -2.73. The number of anilines is 1. The van der Waals surface area contributed by atoms with Crippen LogP contribution in [-0.2, 0) is 4.74 Å². The van der Waals surface area contributed by atoms with E-state index in [2.05, 4.69) is 0 Å². The van der Waals surface area contributed by atoms with Gasteiger partial charge in [0.25, 0.3) is 11.8 Å². The lowest BCUT2D eigenvalue weighted by molar-refractivity contribution is 0.0924. The molecule has 2 aromatic carbocycles. The zero-order valence-corrected chi connectivity index (χ0v) is 13.1. The summed E-state index contributed by atoms with van der Waals surface area (Å²) >= 11 is 0. The highest BCUT2D eigenvalue weighted by Gasteiger charge is 2.37. The van der Waals surface area contributed by atoms with Crippen LogP contribution in [-0.4, -0.2) is 32.1 Å². The van der Waals surface area contributed by atoms with Crippen molar-refractivity contribution in [3.05, 3.63) is 59.4 Å². The highest BCUT2D eigenvalue weighted by atomic mass is 19.1. The van der Waals surface area contributed by atoms with Crippen molar-refractivity contribution in [2.75, 3.05) is 25.2 Å². The van der Waals surface area contributed by atoms with E-state index in [-0.39, 0.29) is 11.4 Å². The number of halogens is 1. The number of hydrogen-bond acceptors (Lipinski definition) is 4. The quantitative estimate of drug-likeness (QED) is 0.604. The first-order chi connectivity index (χ1) is 11.6. The summed E-state index contributed by atoms with van der Waals surface area (Å²) in [6, 6.07) is 10.3. The van der Waals surface area contributed by atoms with Crippen molar-refractivity contribution in [3.63, 3.8) is 0 Å². The van der Waals surface area contributed by atoms with Gasteiger partial charge >= 0.3 is 0 Å². The van der Waals surface area contributed by atoms with Crippen molar-refractivity contribution >= 4 is 17.5 Å². The largest absolute Gasteiger partial charge is 0.491 e. The Labute approximate surface area is 138 Å². The van der Waals surface area contributed by atoms with Gasteiger partial charge in [-0.2, -0.15) is 0 Å². The first-order valence-corrected chi connectivity index (χ1v) is 7.52. The standard InChI is InChI=1S/C18H16FNO4/c1-23-9-4-10-24-16-8-7-12(19)11-15(16)20-17(21)13-5-2-3-6-14(13)18(20)22/h2-3,5-8,11H,4,9-10H2,1H3. The zero-order valence-electron chi connectivity index (χ0n) is 13.1. The molecule has 0 unspecified atom stereocenters. The molecule has 0 aromatic heterocycles. The highest BCUT2D eigenvalue weighted by molar-refractivity contribution is 6.34. The van der Waals surface area contributed by atoms with Crippen molar-refractivity contribution in [2.45, 2.75) is 6.42 Å². The van der Waals surface area contributed by atoms with Crippen molar-refractivity contribution in [2.24, 2.45) is 0 Å². The van der Waals surface area contributed by atoms with Crippen LogP contribution in [0, 0.1) is 5.82 Å². The molecule has 0 saturated carbocycles. The fourth-order valence-electron chi connectivity index (χ4n) is 2.58. The summed E-state index contributed by atoms with van der Waals surface area (Å²) in [5.41, 5.74) is 0.716. The first kappa shape index (κ1) is 16.1. The molecule has 2 aromatic rings. The molecule has 5 nitrogen and oxygen atoms in total. The Morgan fingerprint density at radius 3 is 2.29 bits per heavy atom. The summed E-state index contributed by atoms with van der Waals surface area (Å²) in [5.74, 6) is -1.24. The number of benzene rings is 2. The van der Waals surface area contributed by atoms with Gasteiger partial charge in [-0.05, 0) is 24.3 Å². The molecule has 1 aliphatic rings. The summed E-state index contributed by atoms with van der Waals surface area (Å²) in [6.07, 6.45) is 0.634. The molecule has 1 aliphatic heterocycles. The second kappa shape index (κ2) is 6.80. The number of carbonyl (C=O) groups is 2. The third-order valence-corrected chi connectivity index (χ3v) is 3.71. The van der Waals surface area contributed by atoms with Crippen LogP contribution in [0.2, 0.25) is 0 Å². The molecule has 124 valence electrons. The van der Waals surface area contributed by atoms with Gasteiger partial charge in [0.05, 0.1) is 23.4 Å². The van der Waals surface area contributed by atoms with E-state index in [0.29, 0.717) is 30.8 Å². The van der Waals surface area contributed by atoms with E-state index in [1.54, 1.807) is 31.4 Å². The minimum atomic E-state index is -0.550. The van der Waals surface area contributed by atoms with Crippen molar-refractivity contribution in [1.29, 1.82) is 0 Å². The number of ether oxygens (including phenoxy) is 2. The molecular weight excluding hydrogens is 313 g/mol. The topological polar surface area (TPSA) is 55.8 Å². The maximum absolute atomic E-state index is 13.7. The molecule has 2 amide bonds. The van der Waals surface area contributed by atoms with E-state index in [9.17, 15) is 14.0 Å². The van der Waals surface area contributed by atoms with Crippen LogP contribution >= 0.6 is 0 Å². The molecule has 1 heterocycles. The van der Waals surface area contributed by atoms with Crippen LogP contribution in [0.25, 0.3) is 0 Å². The SMILES string of the molecule is COCCCOc1ccc(F)cc1N1C(=O)c2ccccc2C1=O. The molecule has 0 aliphatic carbocycles. The summed E-state index contributed by atoms with van der Waals surface area (Å²) < 4.78 is 24.3. The number of nitrogens with zero attached hydrogens (tertiary/aromatic N) is 1. The lowest BCUT2D eigenvalue weighted by atomic mass is 10.1. The molecule has 6 heteroatoms. The monoisotopic (exact) mass is 329 g/mol. The lowest BCUT2D eigenvalue weighted by Gasteiger charge is -2.18. The number of carbonyl (C=O) groups excluding carboxylic acids is 2. The fourth-order valence-corrected chi connectivity index (χ4v) is 2.58. The first-order valence-electron chi connectivity index (χ1n) is 7.52. The van der Waals surface area contributed by atoms with Gasteiger partial charge in [-0.15, -0.1) is 0 Å². The molecule has 3 rings (SSSR count). The Bertz CT molecular complexity index is 755. The molecule has 0 atom stereocenters. The Morgan fingerprint density at radius 1 is 1.00 bits per heavy atom. The molecule has 0 fully saturated rings. The number of rotatable bonds is 6. The van der Waals surface area contributed by atoms with E-state index >= 15 is 0 Å². The Kier molecular flexibility index (Phi) is 4.57. The van der Waals surface area contributed by atoms with Gasteiger partial charge in [-0.25, -0.2) is 9.29 Å². The van der Waals surface area contributed by atoms with E-state index in [1.807, 2.05) is 0 Å². The number of hydrogen-bond donors (Lipinski definition) is 0. The van der Waals surface area contributed by atoms with Gasteiger partial charge in [0.2, 0.25) is 0 Å². The van der Waals surface area contributed by atoms with Crippen LogP contribution < -0.4 is 9.64 Å². The third kappa shape index (κ3) is 2.88. The van der Waals surface area contributed by atoms with Gasteiger partial charge < -0.3 is 9.47 Å². The number of amides is 2. The lowest BCUT2D eigenvalue weighted by Crippen LogP contribution is -2.30. The van der Waals surface area contributed by atoms with Crippen molar-refractivity contribution in [1.82, 2.24) is 0 Å². The predicted octanol–water partition coefficient (Wildman–Crippen LogP) is 3.04. The summed E-state index contributed by atoms with van der Waals surface area (Å²) in [5, 5.41) is 0. The van der Waals surface area contributed by atoms with Crippen LogP contribution in [0.5, 0.6) is 5.75 Å². The van der Waals surface area contributed by atoms with Gasteiger partial charge in [0.1, 0.15) is 11.6 Å². The fraction of sp³-hybridized carbons (Fsp3) is 0.222. The van der Waals surface area contributed by atoms with Crippen LogP contribution in [0.4, 0.5) is 10.1 Å². The van der Waals surface area contributed by atoms with E-state index in [1.165, 1.54) is 12.1 Å². The number of methoxy groups -OCH3 is 1. The second-order valence-corrected chi connectivity index (χ2v) is 5.30. The summed E-state index contributed by atoms with van der Waals surface area (Å²) in [7, 11) is 1.59. The summed E-state index contributed by atoms with van der Waals surface area (Å²) in [4.78, 5) is 26.1. The van der Waals surface area contributed by atoms with Gasteiger partial charge in [-0.1, -0.05) is 12.1 Å². The average molecular weight is 329 g/mol. The molecular formula is C18H16FNO4. The zero-order chi connectivity index (χ0) is 17.1. The molecule has 0 spiro atoms. The molecule has 0 saturated heterocycles. The van der Waals surface area contributed by atoms with Gasteiger partial charge in [0, 0.05) is 26.2 Å². The predicted molar refractivity (Wildman–Crippen MR) is 86.0 cm³/mol. The Morgan fingerprint density at radius 2 is 1.67 bits per heavy atom.